The minimum Gasteiger partial charge on any atom is -0.349 e. The maximum absolute atomic E-state index is 4.36. The van der Waals surface area contributed by atoms with E-state index in [-0.39, 0.29) is 0 Å². The van der Waals surface area contributed by atoms with Gasteiger partial charge < -0.3 is 9.88 Å². The molecule has 4 nitrogen and oxygen atoms in total. The molecule has 1 N–H and O–H groups in total. The maximum atomic E-state index is 4.36. The van der Waals surface area contributed by atoms with E-state index in [0.717, 1.165) is 19.6 Å². The molecule has 0 saturated carbocycles. The van der Waals surface area contributed by atoms with Crippen LogP contribution in [0.25, 0.3) is 0 Å². The molecule has 3 rings (SSSR count). The van der Waals surface area contributed by atoms with Crippen LogP contribution in [0.15, 0.2) is 24.8 Å². The Bertz CT molecular complexity index is 581. The molecule has 1 aliphatic rings. The minimum atomic E-state index is 0.549. The Hall–Kier alpha value is -1.55. The fraction of sp³-hybridized carbons (Fsp3) is 0.588. The summed E-state index contributed by atoms with van der Waals surface area (Å²) >= 11 is 0. The Kier molecular flexibility index (Phi) is 4.44. The number of rotatable bonds is 6. The van der Waals surface area contributed by atoms with Crippen LogP contribution in [0.4, 0.5) is 0 Å². The molecule has 4 heteroatoms. The number of aryl methyl sites for hydroxylation is 2. The number of aromatic nitrogens is 3. The third-order valence-electron chi connectivity index (χ3n) is 4.33. The monoisotopic (exact) mass is 286 g/mol. The second kappa shape index (κ2) is 6.48. The Balaban J connectivity index is 1.74. The first-order valence-corrected chi connectivity index (χ1v) is 8.23. The fourth-order valence-electron chi connectivity index (χ4n) is 3.24. The van der Waals surface area contributed by atoms with E-state index in [0.29, 0.717) is 6.04 Å². The zero-order valence-corrected chi connectivity index (χ0v) is 13.2. The predicted molar refractivity (Wildman–Crippen MR) is 85.4 cm³/mol. The van der Waals surface area contributed by atoms with Gasteiger partial charge in [0.15, 0.2) is 0 Å². The summed E-state index contributed by atoms with van der Waals surface area (Å²) in [5.74, 6) is 0. The molecule has 0 saturated heterocycles. The van der Waals surface area contributed by atoms with Crippen LogP contribution in [-0.4, -0.2) is 20.9 Å². The summed E-state index contributed by atoms with van der Waals surface area (Å²) in [4.78, 5) is 0. The van der Waals surface area contributed by atoms with E-state index in [9.17, 15) is 0 Å². The average molecular weight is 286 g/mol. The first-order valence-electron chi connectivity index (χ1n) is 8.23. The molecule has 0 radical (unpaired) electrons. The molecule has 0 aliphatic heterocycles. The maximum Gasteiger partial charge on any atom is 0.0539 e. The van der Waals surface area contributed by atoms with Gasteiger partial charge in [0, 0.05) is 36.7 Å². The number of hydrogen-bond donors (Lipinski definition) is 1. The Morgan fingerprint density at radius 2 is 2.19 bits per heavy atom. The standard InChI is InChI=1S/C17H26N4/c1-3-8-18-17-7-5-6-15-12-20(13-16(15)17)10-14-9-19-21(4-2)11-14/h9,11-13,17-18H,3-8,10H2,1-2H3. The Morgan fingerprint density at radius 1 is 1.29 bits per heavy atom. The zero-order chi connectivity index (χ0) is 14.7. The van der Waals surface area contributed by atoms with Crippen molar-refractivity contribution in [3.8, 4) is 0 Å². The lowest BCUT2D eigenvalue weighted by atomic mass is 9.91. The van der Waals surface area contributed by atoms with E-state index in [2.05, 4.69) is 47.4 Å². The van der Waals surface area contributed by atoms with E-state index in [1.807, 2.05) is 10.9 Å². The number of fused-ring (bicyclic) bond motifs is 1. The van der Waals surface area contributed by atoms with Crippen molar-refractivity contribution in [1.82, 2.24) is 19.7 Å². The topological polar surface area (TPSA) is 34.8 Å². The van der Waals surface area contributed by atoms with Crippen molar-refractivity contribution < 1.29 is 0 Å². The molecule has 0 spiro atoms. The van der Waals surface area contributed by atoms with Gasteiger partial charge in [-0.05, 0) is 50.3 Å². The quantitative estimate of drug-likeness (QED) is 0.885. The Morgan fingerprint density at radius 3 is 2.95 bits per heavy atom. The summed E-state index contributed by atoms with van der Waals surface area (Å²) in [7, 11) is 0. The van der Waals surface area contributed by atoms with Crippen molar-refractivity contribution in [3.63, 3.8) is 0 Å². The zero-order valence-electron chi connectivity index (χ0n) is 13.2. The van der Waals surface area contributed by atoms with E-state index in [1.165, 1.54) is 42.4 Å². The summed E-state index contributed by atoms with van der Waals surface area (Å²) in [6.45, 7) is 7.32. The highest BCUT2D eigenvalue weighted by Gasteiger charge is 2.21. The van der Waals surface area contributed by atoms with E-state index >= 15 is 0 Å². The highest BCUT2D eigenvalue weighted by molar-refractivity contribution is 5.31. The van der Waals surface area contributed by atoms with Gasteiger partial charge in [-0.1, -0.05) is 6.92 Å². The highest BCUT2D eigenvalue weighted by atomic mass is 15.3. The molecule has 0 aromatic carbocycles. The van der Waals surface area contributed by atoms with E-state index < -0.39 is 0 Å². The SMILES string of the molecule is CCCNC1CCCc2cn(Cc3cnn(CC)c3)cc21. The summed E-state index contributed by atoms with van der Waals surface area (Å²) in [6, 6.07) is 0.549. The van der Waals surface area contributed by atoms with Crippen molar-refractivity contribution in [2.45, 2.75) is 58.7 Å². The highest BCUT2D eigenvalue weighted by Crippen LogP contribution is 2.30. The van der Waals surface area contributed by atoms with Crippen molar-refractivity contribution in [3.05, 3.63) is 41.5 Å². The van der Waals surface area contributed by atoms with Crippen molar-refractivity contribution in [1.29, 1.82) is 0 Å². The van der Waals surface area contributed by atoms with Gasteiger partial charge in [0.1, 0.15) is 0 Å². The lowest BCUT2D eigenvalue weighted by Gasteiger charge is -2.23. The molecule has 2 heterocycles. The van der Waals surface area contributed by atoms with Crippen LogP contribution in [0, 0.1) is 0 Å². The number of nitrogens with zero attached hydrogens (tertiary/aromatic N) is 3. The van der Waals surface area contributed by atoms with Crippen LogP contribution in [0.1, 0.15) is 55.8 Å². The molecule has 21 heavy (non-hydrogen) atoms. The molecular weight excluding hydrogens is 260 g/mol. The molecule has 0 amide bonds. The molecule has 1 atom stereocenters. The van der Waals surface area contributed by atoms with Crippen LogP contribution in [0.2, 0.25) is 0 Å². The smallest absolute Gasteiger partial charge is 0.0539 e. The second-order valence-electron chi connectivity index (χ2n) is 6.01. The predicted octanol–water partition coefficient (Wildman–Crippen LogP) is 3.13. The summed E-state index contributed by atoms with van der Waals surface area (Å²) < 4.78 is 4.32. The van der Waals surface area contributed by atoms with Gasteiger partial charge in [0.2, 0.25) is 0 Å². The van der Waals surface area contributed by atoms with Gasteiger partial charge in [0.05, 0.1) is 12.7 Å². The first kappa shape index (κ1) is 14.4. The van der Waals surface area contributed by atoms with Crippen LogP contribution >= 0.6 is 0 Å². The van der Waals surface area contributed by atoms with Gasteiger partial charge in [-0.3, -0.25) is 4.68 Å². The van der Waals surface area contributed by atoms with Gasteiger partial charge in [-0.15, -0.1) is 0 Å². The molecule has 1 unspecified atom stereocenters. The van der Waals surface area contributed by atoms with Gasteiger partial charge >= 0.3 is 0 Å². The van der Waals surface area contributed by atoms with Crippen molar-refractivity contribution >= 4 is 0 Å². The molecular formula is C17H26N4. The summed E-state index contributed by atoms with van der Waals surface area (Å²) in [6.07, 6.45) is 13.8. The van der Waals surface area contributed by atoms with E-state index in [4.69, 9.17) is 0 Å². The van der Waals surface area contributed by atoms with E-state index in [1.54, 1.807) is 0 Å². The van der Waals surface area contributed by atoms with Gasteiger partial charge in [-0.2, -0.15) is 5.10 Å². The first-order chi connectivity index (χ1) is 10.3. The summed E-state index contributed by atoms with van der Waals surface area (Å²) in [5, 5.41) is 8.05. The van der Waals surface area contributed by atoms with Crippen molar-refractivity contribution in [2.24, 2.45) is 0 Å². The Labute approximate surface area is 127 Å². The number of hydrogen-bond acceptors (Lipinski definition) is 2. The van der Waals surface area contributed by atoms with Crippen LogP contribution < -0.4 is 5.32 Å². The summed E-state index contributed by atoms with van der Waals surface area (Å²) in [5.41, 5.74) is 4.32. The van der Waals surface area contributed by atoms with Crippen LogP contribution in [-0.2, 0) is 19.5 Å². The molecule has 0 fully saturated rings. The lowest BCUT2D eigenvalue weighted by Crippen LogP contribution is -2.24. The lowest BCUT2D eigenvalue weighted by molar-refractivity contribution is 0.462. The largest absolute Gasteiger partial charge is 0.349 e. The average Bonchev–Trinajstić information content (AvgIpc) is 3.11. The molecule has 114 valence electrons. The molecule has 2 aromatic heterocycles. The second-order valence-corrected chi connectivity index (χ2v) is 6.01. The third-order valence-corrected chi connectivity index (χ3v) is 4.33. The minimum absolute atomic E-state index is 0.549. The van der Waals surface area contributed by atoms with Gasteiger partial charge in [0.25, 0.3) is 0 Å². The normalized spacial score (nSPS) is 17.9. The number of nitrogens with one attached hydrogen (secondary N) is 1. The molecule has 0 bridgehead atoms. The van der Waals surface area contributed by atoms with Crippen LogP contribution in [0.5, 0.6) is 0 Å². The van der Waals surface area contributed by atoms with Crippen molar-refractivity contribution in [2.75, 3.05) is 6.54 Å². The van der Waals surface area contributed by atoms with Crippen LogP contribution in [0.3, 0.4) is 0 Å². The molecule has 2 aromatic rings. The third kappa shape index (κ3) is 3.21. The van der Waals surface area contributed by atoms with Gasteiger partial charge in [-0.25, -0.2) is 0 Å². The fourth-order valence-corrected chi connectivity index (χ4v) is 3.24. The molecule has 1 aliphatic carbocycles.